The van der Waals surface area contributed by atoms with Gasteiger partial charge in [-0.05, 0) is 35.9 Å². The molecule has 152 valence electrons. The Hall–Kier alpha value is -1.67. The lowest BCUT2D eigenvalue weighted by Crippen LogP contribution is -2.38. The molecule has 0 amide bonds. The Morgan fingerprint density at radius 3 is 1.86 bits per heavy atom. The SMILES string of the molecule is O=S(=O)(O)C(c1cc(Cl)c(O)c(Cl)c1)(c1ccccc1O)c1ccc(Cl)cc1Cl. The fourth-order valence-corrected chi connectivity index (χ4v) is 5.61. The summed E-state index contributed by atoms with van der Waals surface area (Å²) >= 11 is 24.3. The standard InChI is InChI=1S/C19H12Cl4O5S/c20-11-5-6-12(14(21)9-11)19(29(26,27)28,13-3-1-2-4-17(13)24)10-7-15(22)18(25)16(23)8-10/h1-9,24-25H,(H,26,27,28). The highest BCUT2D eigenvalue weighted by Gasteiger charge is 2.51. The van der Waals surface area contributed by atoms with Crippen LogP contribution in [0.2, 0.25) is 20.1 Å². The molecule has 0 spiro atoms. The van der Waals surface area contributed by atoms with E-state index in [0.717, 1.165) is 12.1 Å². The van der Waals surface area contributed by atoms with Crippen molar-refractivity contribution in [3.63, 3.8) is 0 Å². The topological polar surface area (TPSA) is 94.8 Å². The Bertz CT molecular complexity index is 1190. The van der Waals surface area contributed by atoms with Gasteiger partial charge in [0.05, 0.1) is 10.0 Å². The Labute approximate surface area is 186 Å². The summed E-state index contributed by atoms with van der Waals surface area (Å²) in [4.78, 5) is 0. The second kappa shape index (κ2) is 7.87. The summed E-state index contributed by atoms with van der Waals surface area (Å²) in [7, 11) is -5.08. The molecule has 29 heavy (non-hydrogen) atoms. The van der Waals surface area contributed by atoms with Crippen molar-refractivity contribution >= 4 is 56.5 Å². The molecule has 0 saturated heterocycles. The van der Waals surface area contributed by atoms with Crippen LogP contribution in [0, 0.1) is 0 Å². The van der Waals surface area contributed by atoms with Crippen molar-refractivity contribution in [2.45, 2.75) is 4.75 Å². The molecule has 1 atom stereocenters. The van der Waals surface area contributed by atoms with E-state index >= 15 is 0 Å². The molecule has 0 aliphatic rings. The van der Waals surface area contributed by atoms with Gasteiger partial charge in [0.2, 0.25) is 0 Å². The van der Waals surface area contributed by atoms with E-state index in [1.54, 1.807) is 0 Å². The maximum Gasteiger partial charge on any atom is 0.283 e. The quantitative estimate of drug-likeness (QED) is 0.311. The second-order valence-electron chi connectivity index (χ2n) is 6.09. The molecule has 0 heterocycles. The monoisotopic (exact) mass is 492 g/mol. The average molecular weight is 494 g/mol. The van der Waals surface area contributed by atoms with Crippen LogP contribution >= 0.6 is 46.4 Å². The minimum Gasteiger partial charge on any atom is -0.508 e. The summed E-state index contributed by atoms with van der Waals surface area (Å²) in [6.07, 6.45) is 0. The van der Waals surface area contributed by atoms with Crippen LogP contribution in [0.1, 0.15) is 16.7 Å². The molecule has 3 aromatic carbocycles. The highest BCUT2D eigenvalue weighted by Crippen LogP contribution is 2.51. The van der Waals surface area contributed by atoms with Crippen LogP contribution in [0.15, 0.2) is 54.6 Å². The van der Waals surface area contributed by atoms with Crippen molar-refractivity contribution in [1.82, 2.24) is 0 Å². The third-order valence-electron chi connectivity index (χ3n) is 4.40. The highest BCUT2D eigenvalue weighted by atomic mass is 35.5. The van der Waals surface area contributed by atoms with Crippen LogP contribution in [0.5, 0.6) is 11.5 Å². The maximum absolute atomic E-state index is 13.0. The smallest absolute Gasteiger partial charge is 0.283 e. The number of halogens is 4. The van der Waals surface area contributed by atoms with Crippen LogP contribution < -0.4 is 0 Å². The van der Waals surface area contributed by atoms with Crippen molar-refractivity contribution in [3.8, 4) is 11.5 Å². The van der Waals surface area contributed by atoms with Gasteiger partial charge in [-0.15, -0.1) is 0 Å². The molecule has 3 rings (SSSR count). The first-order valence-corrected chi connectivity index (χ1v) is 10.8. The van der Waals surface area contributed by atoms with Gasteiger partial charge in [-0.2, -0.15) is 8.42 Å². The first-order chi connectivity index (χ1) is 13.5. The van der Waals surface area contributed by atoms with Gasteiger partial charge in [0.15, 0.2) is 10.5 Å². The zero-order valence-electron chi connectivity index (χ0n) is 14.3. The normalized spacial score (nSPS) is 13.8. The number of phenolic OH excluding ortho intramolecular Hbond substituents is 2. The van der Waals surface area contributed by atoms with Gasteiger partial charge in [-0.25, -0.2) is 0 Å². The number of hydrogen-bond donors (Lipinski definition) is 3. The van der Waals surface area contributed by atoms with Gasteiger partial charge in [-0.1, -0.05) is 70.7 Å². The second-order valence-corrected chi connectivity index (χ2v) is 9.31. The van der Waals surface area contributed by atoms with Crippen LogP contribution in [-0.2, 0) is 14.9 Å². The molecule has 0 aliphatic carbocycles. The molecule has 0 bridgehead atoms. The molecule has 0 aliphatic heterocycles. The van der Waals surface area contributed by atoms with Crippen LogP contribution in [-0.4, -0.2) is 23.2 Å². The maximum atomic E-state index is 13.0. The number of hydrogen-bond acceptors (Lipinski definition) is 4. The fraction of sp³-hybridized carbons (Fsp3) is 0.0526. The molecule has 0 fully saturated rings. The molecule has 0 saturated carbocycles. The van der Waals surface area contributed by atoms with E-state index in [1.807, 2.05) is 0 Å². The number of phenols is 2. The first-order valence-electron chi connectivity index (χ1n) is 7.89. The molecule has 0 radical (unpaired) electrons. The zero-order chi connectivity index (χ0) is 21.6. The zero-order valence-corrected chi connectivity index (χ0v) is 18.1. The van der Waals surface area contributed by atoms with Crippen molar-refractivity contribution in [3.05, 3.63) is 91.4 Å². The van der Waals surface area contributed by atoms with Gasteiger partial charge in [0, 0.05) is 21.2 Å². The Balaban J connectivity index is 2.61. The summed E-state index contributed by atoms with van der Waals surface area (Å²) < 4.78 is 34.0. The van der Waals surface area contributed by atoms with E-state index in [1.165, 1.54) is 42.5 Å². The van der Waals surface area contributed by atoms with Crippen LogP contribution in [0.4, 0.5) is 0 Å². The largest absolute Gasteiger partial charge is 0.508 e. The van der Waals surface area contributed by atoms with E-state index in [2.05, 4.69) is 0 Å². The van der Waals surface area contributed by atoms with E-state index in [9.17, 15) is 23.2 Å². The first kappa shape index (κ1) is 22.0. The van der Waals surface area contributed by atoms with E-state index < -0.39 is 26.4 Å². The Kier molecular flexibility index (Phi) is 5.98. The van der Waals surface area contributed by atoms with Crippen molar-refractivity contribution in [1.29, 1.82) is 0 Å². The average Bonchev–Trinajstić information content (AvgIpc) is 2.62. The molecule has 3 aromatic rings. The molecule has 3 N–H and O–H groups in total. The van der Waals surface area contributed by atoms with E-state index in [-0.39, 0.29) is 36.8 Å². The highest BCUT2D eigenvalue weighted by molar-refractivity contribution is 7.87. The van der Waals surface area contributed by atoms with Crippen LogP contribution in [0.3, 0.4) is 0 Å². The molecule has 5 nitrogen and oxygen atoms in total. The lowest BCUT2D eigenvalue weighted by Gasteiger charge is -2.34. The molecule has 1 unspecified atom stereocenters. The third-order valence-corrected chi connectivity index (χ3v) is 6.98. The summed E-state index contributed by atoms with van der Waals surface area (Å²) in [6, 6.07) is 11.7. The predicted molar refractivity (Wildman–Crippen MR) is 114 cm³/mol. The Morgan fingerprint density at radius 2 is 1.34 bits per heavy atom. The van der Waals surface area contributed by atoms with Crippen molar-refractivity contribution in [2.75, 3.05) is 0 Å². The number of benzene rings is 3. The number of rotatable bonds is 4. The van der Waals surface area contributed by atoms with E-state index in [0.29, 0.717) is 0 Å². The summed E-state index contributed by atoms with van der Waals surface area (Å²) in [5.41, 5.74) is -0.464. The number of para-hydroxylation sites is 1. The lowest BCUT2D eigenvalue weighted by atomic mass is 9.83. The number of aromatic hydroxyl groups is 2. The van der Waals surface area contributed by atoms with Gasteiger partial charge in [0.25, 0.3) is 10.1 Å². The minimum atomic E-state index is -5.08. The molecule has 0 aromatic heterocycles. The van der Waals surface area contributed by atoms with Crippen molar-refractivity contribution < 1.29 is 23.2 Å². The van der Waals surface area contributed by atoms with Gasteiger partial charge in [0.1, 0.15) is 5.75 Å². The van der Waals surface area contributed by atoms with Gasteiger partial charge < -0.3 is 10.2 Å². The van der Waals surface area contributed by atoms with Gasteiger partial charge in [-0.3, -0.25) is 4.55 Å². The molecular formula is C19H12Cl4O5S. The fourth-order valence-electron chi connectivity index (χ4n) is 3.20. The third kappa shape index (κ3) is 3.65. The lowest BCUT2D eigenvalue weighted by molar-refractivity contribution is 0.440. The molecular weight excluding hydrogens is 482 g/mol. The summed E-state index contributed by atoms with van der Waals surface area (Å²) in [5, 5.41) is 20.0. The van der Waals surface area contributed by atoms with Gasteiger partial charge >= 0.3 is 0 Å². The predicted octanol–water partition coefficient (Wildman–Crippen LogP) is 5.89. The van der Waals surface area contributed by atoms with Crippen LogP contribution in [0.25, 0.3) is 0 Å². The molecule has 10 heteroatoms. The summed E-state index contributed by atoms with van der Waals surface area (Å²) in [6.45, 7) is 0. The van der Waals surface area contributed by atoms with Crippen molar-refractivity contribution in [2.24, 2.45) is 0 Å². The minimum absolute atomic E-state index is 0.0984. The van der Waals surface area contributed by atoms with E-state index in [4.69, 9.17) is 46.4 Å². The Morgan fingerprint density at radius 1 is 0.759 bits per heavy atom. The summed E-state index contributed by atoms with van der Waals surface area (Å²) in [5.74, 6) is -0.905.